The number of amides is 2. The van der Waals surface area contributed by atoms with E-state index in [0.717, 1.165) is 6.42 Å². The van der Waals surface area contributed by atoms with Crippen molar-refractivity contribution in [2.75, 3.05) is 6.54 Å². The second kappa shape index (κ2) is 7.51. The first-order valence-electron chi connectivity index (χ1n) is 6.35. The lowest BCUT2D eigenvalue weighted by molar-refractivity contribution is -0.128. The number of benzene rings is 1. The lowest BCUT2D eigenvalue weighted by Crippen LogP contribution is -2.45. The van der Waals surface area contributed by atoms with E-state index in [1.54, 1.807) is 25.1 Å². The molecule has 0 saturated heterocycles. The van der Waals surface area contributed by atoms with Crippen LogP contribution < -0.4 is 10.6 Å². The molecule has 0 aromatic heterocycles. The maximum atomic E-state index is 13.4. The van der Waals surface area contributed by atoms with Crippen molar-refractivity contribution >= 4 is 11.8 Å². The highest BCUT2D eigenvalue weighted by Gasteiger charge is 2.15. The first-order valence-corrected chi connectivity index (χ1v) is 6.35. The van der Waals surface area contributed by atoms with Gasteiger partial charge in [-0.1, -0.05) is 25.1 Å². The Balaban J connectivity index is 2.47. The van der Waals surface area contributed by atoms with E-state index in [-0.39, 0.29) is 18.2 Å². The van der Waals surface area contributed by atoms with E-state index in [0.29, 0.717) is 12.1 Å². The molecule has 1 aromatic rings. The molecule has 2 amide bonds. The number of carbonyl (C=O) groups excluding carboxylic acids is 2. The first-order chi connectivity index (χ1) is 9.04. The third-order valence-corrected chi connectivity index (χ3v) is 2.63. The molecule has 0 bridgehead atoms. The van der Waals surface area contributed by atoms with Crippen LogP contribution in [0.1, 0.15) is 25.8 Å². The van der Waals surface area contributed by atoms with Crippen LogP contribution >= 0.6 is 0 Å². The number of carbonyl (C=O) groups is 2. The minimum Gasteiger partial charge on any atom is -0.354 e. The predicted molar refractivity (Wildman–Crippen MR) is 71.0 cm³/mol. The van der Waals surface area contributed by atoms with Crippen LogP contribution in [-0.4, -0.2) is 24.4 Å². The lowest BCUT2D eigenvalue weighted by atomic mass is 10.1. The standard InChI is InChI=1S/C14H19FN2O2/c1-3-8-16-14(19)10(2)17-13(18)9-11-6-4-5-7-12(11)15/h4-7,10H,3,8-9H2,1-2H3,(H,16,19)(H,17,18)/t10-/m1/s1. The summed E-state index contributed by atoms with van der Waals surface area (Å²) in [6, 6.07) is 5.48. The van der Waals surface area contributed by atoms with Gasteiger partial charge in [0, 0.05) is 6.54 Å². The summed E-state index contributed by atoms with van der Waals surface area (Å²) < 4.78 is 13.4. The molecule has 2 N–H and O–H groups in total. The van der Waals surface area contributed by atoms with E-state index in [1.165, 1.54) is 6.07 Å². The van der Waals surface area contributed by atoms with Crippen molar-refractivity contribution in [3.63, 3.8) is 0 Å². The van der Waals surface area contributed by atoms with Crippen molar-refractivity contribution < 1.29 is 14.0 Å². The van der Waals surface area contributed by atoms with Crippen LogP contribution in [0.4, 0.5) is 4.39 Å². The molecule has 0 saturated carbocycles. The maximum Gasteiger partial charge on any atom is 0.242 e. The summed E-state index contributed by atoms with van der Waals surface area (Å²) in [5, 5.41) is 5.23. The summed E-state index contributed by atoms with van der Waals surface area (Å²) >= 11 is 0. The molecule has 5 heteroatoms. The molecule has 104 valence electrons. The average molecular weight is 266 g/mol. The predicted octanol–water partition coefficient (Wildman–Crippen LogP) is 1.40. The van der Waals surface area contributed by atoms with Gasteiger partial charge in [0.2, 0.25) is 11.8 Å². The second-order valence-electron chi connectivity index (χ2n) is 4.35. The quantitative estimate of drug-likeness (QED) is 0.817. The fraction of sp³-hybridized carbons (Fsp3) is 0.429. The summed E-state index contributed by atoms with van der Waals surface area (Å²) in [5.74, 6) is -1.02. The molecule has 1 aromatic carbocycles. The molecule has 19 heavy (non-hydrogen) atoms. The van der Waals surface area contributed by atoms with Crippen LogP contribution in [0.5, 0.6) is 0 Å². The Morgan fingerprint density at radius 1 is 1.32 bits per heavy atom. The molecule has 0 unspecified atom stereocenters. The Kier molecular flexibility index (Phi) is 5.99. The van der Waals surface area contributed by atoms with Crippen molar-refractivity contribution in [1.82, 2.24) is 10.6 Å². The van der Waals surface area contributed by atoms with Crippen molar-refractivity contribution in [3.8, 4) is 0 Å². The largest absolute Gasteiger partial charge is 0.354 e. The number of hydrogen-bond donors (Lipinski definition) is 2. The molecule has 0 spiro atoms. The molecular weight excluding hydrogens is 247 g/mol. The Labute approximate surface area is 112 Å². The molecule has 0 aliphatic carbocycles. The normalized spacial score (nSPS) is 11.7. The van der Waals surface area contributed by atoms with Crippen LogP contribution in [-0.2, 0) is 16.0 Å². The van der Waals surface area contributed by atoms with E-state index < -0.39 is 11.9 Å². The van der Waals surface area contributed by atoms with Gasteiger partial charge in [-0.3, -0.25) is 9.59 Å². The van der Waals surface area contributed by atoms with E-state index in [9.17, 15) is 14.0 Å². The molecular formula is C14H19FN2O2. The van der Waals surface area contributed by atoms with Gasteiger partial charge in [-0.2, -0.15) is 0 Å². The smallest absolute Gasteiger partial charge is 0.242 e. The van der Waals surface area contributed by atoms with Crippen LogP contribution in [0.25, 0.3) is 0 Å². The van der Waals surface area contributed by atoms with Crippen LogP contribution in [0.3, 0.4) is 0 Å². The van der Waals surface area contributed by atoms with Gasteiger partial charge in [0.05, 0.1) is 6.42 Å². The Morgan fingerprint density at radius 2 is 2.00 bits per heavy atom. The summed E-state index contributed by atoms with van der Waals surface area (Å²) in [7, 11) is 0. The maximum absolute atomic E-state index is 13.4. The van der Waals surface area contributed by atoms with E-state index >= 15 is 0 Å². The van der Waals surface area contributed by atoms with Gasteiger partial charge in [0.25, 0.3) is 0 Å². The van der Waals surface area contributed by atoms with Crippen molar-refractivity contribution in [1.29, 1.82) is 0 Å². The number of rotatable bonds is 6. The van der Waals surface area contributed by atoms with E-state index in [4.69, 9.17) is 0 Å². The van der Waals surface area contributed by atoms with Crippen molar-refractivity contribution in [3.05, 3.63) is 35.6 Å². The zero-order valence-corrected chi connectivity index (χ0v) is 11.2. The lowest BCUT2D eigenvalue weighted by Gasteiger charge is -2.13. The second-order valence-corrected chi connectivity index (χ2v) is 4.35. The van der Waals surface area contributed by atoms with Gasteiger partial charge >= 0.3 is 0 Å². The summed E-state index contributed by atoms with van der Waals surface area (Å²) in [5.41, 5.74) is 0.321. The SMILES string of the molecule is CCCNC(=O)[C@@H](C)NC(=O)Cc1ccccc1F. The zero-order chi connectivity index (χ0) is 14.3. The number of hydrogen-bond acceptors (Lipinski definition) is 2. The van der Waals surface area contributed by atoms with Crippen LogP contribution in [0.15, 0.2) is 24.3 Å². The fourth-order valence-electron chi connectivity index (χ4n) is 1.57. The van der Waals surface area contributed by atoms with Crippen molar-refractivity contribution in [2.24, 2.45) is 0 Å². The molecule has 1 rings (SSSR count). The average Bonchev–Trinajstić information content (AvgIpc) is 2.38. The van der Waals surface area contributed by atoms with Gasteiger partial charge in [-0.05, 0) is 25.0 Å². The zero-order valence-electron chi connectivity index (χ0n) is 11.2. The van der Waals surface area contributed by atoms with Gasteiger partial charge in [-0.15, -0.1) is 0 Å². The monoisotopic (exact) mass is 266 g/mol. The Bertz CT molecular complexity index is 449. The topological polar surface area (TPSA) is 58.2 Å². The van der Waals surface area contributed by atoms with Crippen molar-refractivity contribution in [2.45, 2.75) is 32.7 Å². The summed E-state index contributed by atoms with van der Waals surface area (Å²) in [6.45, 7) is 4.12. The van der Waals surface area contributed by atoms with Gasteiger partial charge < -0.3 is 10.6 Å². The summed E-state index contributed by atoms with van der Waals surface area (Å²) in [6.07, 6.45) is 0.764. The summed E-state index contributed by atoms with van der Waals surface area (Å²) in [4.78, 5) is 23.3. The number of nitrogens with one attached hydrogen (secondary N) is 2. The van der Waals surface area contributed by atoms with Crippen LogP contribution in [0.2, 0.25) is 0 Å². The highest BCUT2D eigenvalue weighted by molar-refractivity contribution is 5.88. The molecule has 0 heterocycles. The highest BCUT2D eigenvalue weighted by Crippen LogP contribution is 2.06. The fourth-order valence-corrected chi connectivity index (χ4v) is 1.57. The molecule has 0 aliphatic rings. The van der Waals surface area contributed by atoms with Gasteiger partial charge in [0.1, 0.15) is 11.9 Å². The van der Waals surface area contributed by atoms with E-state index in [1.807, 2.05) is 6.92 Å². The minimum absolute atomic E-state index is 0.0714. The molecule has 0 aliphatic heterocycles. The number of halogens is 1. The van der Waals surface area contributed by atoms with Gasteiger partial charge in [-0.25, -0.2) is 4.39 Å². The molecule has 0 fully saturated rings. The van der Waals surface area contributed by atoms with Gasteiger partial charge in [0.15, 0.2) is 0 Å². The minimum atomic E-state index is -0.620. The third kappa shape index (κ3) is 5.07. The Hall–Kier alpha value is -1.91. The first kappa shape index (κ1) is 15.1. The van der Waals surface area contributed by atoms with Crippen LogP contribution in [0, 0.1) is 5.82 Å². The highest BCUT2D eigenvalue weighted by atomic mass is 19.1. The Morgan fingerprint density at radius 3 is 2.63 bits per heavy atom. The molecule has 4 nitrogen and oxygen atoms in total. The third-order valence-electron chi connectivity index (χ3n) is 2.63. The molecule has 0 radical (unpaired) electrons. The van der Waals surface area contributed by atoms with E-state index in [2.05, 4.69) is 10.6 Å². The molecule has 1 atom stereocenters.